The van der Waals surface area contributed by atoms with Gasteiger partial charge >= 0.3 is 12.1 Å². The van der Waals surface area contributed by atoms with Crippen LogP contribution in [0.4, 0.5) is 13.2 Å². The maximum absolute atomic E-state index is 12.6. The van der Waals surface area contributed by atoms with E-state index >= 15 is 0 Å². The molecular weight excluding hydrogens is 221 g/mol. The number of methoxy groups -OCH3 is 1. The lowest BCUT2D eigenvalue weighted by Crippen LogP contribution is -2.29. The number of esters is 1. The Morgan fingerprint density at radius 3 is 2.12 bits per heavy atom. The van der Waals surface area contributed by atoms with Crippen LogP contribution >= 0.6 is 0 Å². The highest BCUT2D eigenvalue weighted by Crippen LogP contribution is 2.35. The fourth-order valence-corrected chi connectivity index (χ4v) is 1.34. The largest absolute Gasteiger partial charge is 0.468 e. The molecule has 0 radical (unpaired) electrons. The third-order valence-corrected chi connectivity index (χ3v) is 2.17. The molecule has 2 nitrogen and oxygen atoms in total. The van der Waals surface area contributed by atoms with Gasteiger partial charge in [0.05, 0.1) is 7.11 Å². The van der Waals surface area contributed by atoms with Crippen molar-refractivity contribution in [3.8, 4) is 0 Å². The summed E-state index contributed by atoms with van der Waals surface area (Å²) in [4.78, 5) is 11.1. The third kappa shape index (κ3) is 2.74. The Hall–Kier alpha value is -1.52. The van der Waals surface area contributed by atoms with Gasteiger partial charge < -0.3 is 4.74 Å². The summed E-state index contributed by atoms with van der Waals surface area (Å²) in [6, 6.07) is 5.61. The first kappa shape index (κ1) is 12.5. The molecule has 5 heteroatoms. The van der Waals surface area contributed by atoms with E-state index in [-0.39, 0.29) is 5.56 Å². The van der Waals surface area contributed by atoms with Crippen LogP contribution in [-0.2, 0) is 9.53 Å². The summed E-state index contributed by atoms with van der Waals surface area (Å²) < 4.78 is 42.1. The van der Waals surface area contributed by atoms with E-state index < -0.39 is 18.1 Å². The van der Waals surface area contributed by atoms with Gasteiger partial charge in [-0.25, -0.2) is 0 Å². The molecule has 0 amide bonds. The molecule has 0 saturated heterocycles. The Morgan fingerprint density at radius 2 is 1.75 bits per heavy atom. The summed E-state index contributed by atoms with van der Waals surface area (Å²) in [6.07, 6.45) is -4.64. The van der Waals surface area contributed by atoms with Crippen LogP contribution in [0.3, 0.4) is 0 Å². The van der Waals surface area contributed by atoms with Crippen LogP contribution < -0.4 is 0 Å². The van der Waals surface area contributed by atoms with Gasteiger partial charge in [-0.2, -0.15) is 13.2 Å². The van der Waals surface area contributed by atoms with Crippen molar-refractivity contribution in [1.82, 2.24) is 0 Å². The standard InChI is InChI=1S/C11H11F3O2/c1-7-3-5-8(6-4-7)9(10(15)16-2)11(12,13)14/h3-6,9H,1-2H3. The Kier molecular flexibility index (Phi) is 3.57. The van der Waals surface area contributed by atoms with Gasteiger partial charge in [-0.3, -0.25) is 4.79 Å². The summed E-state index contributed by atoms with van der Waals surface area (Å²) in [5.74, 6) is -3.51. The molecule has 1 aromatic rings. The van der Waals surface area contributed by atoms with Gasteiger partial charge in [0, 0.05) is 0 Å². The van der Waals surface area contributed by atoms with Crippen molar-refractivity contribution >= 4 is 5.97 Å². The van der Waals surface area contributed by atoms with Gasteiger partial charge in [-0.15, -0.1) is 0 Å². The number of hydrogen-bond acceptors (Lipinski definition) is 2. The Bertz CT molecular complexity index is 368. The van der Waals surface area contributed by atoms with Gasteiger partial charge in [0.15, 0.2) is 5.92 Å². The normalized spacial score (nSPS) is 13.3. The molecule has 0 bridgehead atoms. The van der Waals surface area contributed by atoms with E-state index in [9.17, 15) is 18.0 Å². The molecule has 0 aromatic heterocycles. The molecule has 0 fully saturated rings. The van der Waals surface area contributed by atoms with Crippen LogP contribution in [0.1, 0.15) is 17.0 Å². The van der Waals surface area contributed by atoms with Gasteiger partial charge in [-0.05, 0) is 12.5 Å². The minimum absolute atomic E-state index is 0.107. The van der Waals surface area contributed by atoms with Crippen LogP contribution in [0.5, 0.6) is 0 Å². The Balaban J connectivity index is 3.11. The zero-order chi connectivity index (χ0) is 12.3. The second-order valence-electron chi connectivity index (χ2n) is 3.41. The molecule has 16 heavy (non-hydrogen) atoms. The Morgan fingerprint density at radius 1 is 1.25 bits per heavy atom. The smallest absolute Gasteiger partial charge is 0.406 e. The highest BCUT2D eigenvalue weighted by Gasteiger charge is 2.46. The summed E-state index contributed by atoms with van der Waals surface area (Å²) in [7, 11) is 0.940. The molecule has 88 valence electrons. The topological polar surface area (TPSA) is 26.3 Å². The van der Waals surface area contributed by atoms with Crippen LogP contribution in [-0.4, -0.2) is 19.3 Å². The molecule has 0 spiro atoms. The number of benzene rings is 1. The molecule has 0 aliphatic heterocycles. The first-order valence-electron chi connectivity index (χ1n) is 4.57. The SMILES string of the molecule is COC(=O)C(c1ccc(C)cc1)C(F)(F)F. The lowest BCUT2D eigenvalue weighted by molar-refractivity contribution is -0.179. The predicted octanol–water partition coefficient (Wildman–Crippen LogP) is 2.81. The molecular formula is C11H11F3O2. The fourth-order valence-electron chi connectivity index (χ4n) is 1.34. The number of aryl methyl sites for hydroxylation is 1. The van der Waals surface area contributed by atoms with Crippen LogP contribution in [0, 0.1) is 6.92 Å². The molecule has 0 saturated carbocycles. The second-order valence-corrected chi connectivity index (χ2v) is 3.41. The van der Waals surface area contributed by atoms with Crippen LogP contribution in [0.25, 0.3) is 0 Å². The van der Waals surface area contributed by atoms with Crippen molar-refractivity contribution in [2.24, 2.45) is 0 Å². The first-order valence-corrected chi connectivity index (χ1v) is 4.57. The van der Waals surface area contributed by atoms with Gasteiger partial charge in [0.25, 0.3) is 0 Å². The molecule has 0 aliphatic rings. The van der Waals surface area contributed by atoms with Crippen LogP contribution in [0.15, 0.2) is 24.3 Å². The van der Waals surface area contributed by atoms with E-state index in [0.29, 0.717) is 0 Å². The summed E-state index contributed by atoms with van der Waals surface area (Å²) in [6.45, 7) is 1.75. The number of alkyl halides is 3. The summed E-state index contributed by atoms with van der Waals surface area (Å²) >= 11 is 0. The number of halogens is 3. The molecule has 1 aromatic carbocycles. The number of hydrogen-bond donors (Lipinski definition) is 0. The molecule has 1 rings (SSSR count). The van der Waals surface area contributed by atoms with Gasteiger partial charge in [0.2, 0.25) is 0 Å². The van der Waals surface area contributed by atoms with E-state index in [1.807, 2.05) is 0 Å². The average molecular weight is 232 g/mol. The van der Waals surface area contributed by atoms with Crippen molar-refractivity contribution < 1.29 is 22.7 Å². The van der Waals surface area contributed by atoms with E-state index in [2.05, 4.69) is 4.74 Å². The number of rotatable bonds is 2. The first-order chi connectivity index (χ1) is 7.36. The minimum atomic E-state index is -4.64. The number of carbonyl (C=O) groups is 1. The van der Waals surface area contributed by atoms with E-state index in [0.717, 1.165) is 12.7 Å². The quantitative estimate of drug-likeness (QED) is 0.733. The Labute approximate surface area is 91.0 Å². The highest BCUT2D eigenvalue weighted by atomic mass is 19.4. The second kappa shape index (κ2) is 4.55. The monoisotopic (exact) mass is 232 g/mol. The molecule has 1 atom stereocenters. The van der Waals surface area contributed by atoms with Gasteiger partial charge in [-0.1, -0.05) is 29.8 Å². The van der Waals surface area contributed by atoms with Crippen molar-refractivity contribution in [2.45, 2.75) is 19.0 Å². The third-order valence-electron chi connectivity index (χ3n) is 2.17. The maximum Gasteiger partial charge on any atom is 0.406 e. The maximum atomic E-state index is 12.6. The molecule has 1 unspecified atom stereocenters. The summed E-state index contributed by atoms with van der Waals surface area (Å²) in [5.41, 5.74) is 0.722. The van der Waals surface area contributed by atoms with E-state index in [4.69, 9.17) is 0 Å². The van der Waals surface area contributed by atoms with Crippen molar-refractivity contribution in [2.75, 3.05) is 7.11 Å². The van der Waals surface area contributed by atoms with Gasteiger partial charge in [0.1, 0.15) is 0 Å². The lowest BCUT2D eigenvalue weighted by Gasteiger charge is -2.18. The zero-order valence-corrected chi connectivity index (χ0v) is 8.84. The van der Waals surface area contributed by atoms with Crippen LogP contribution in [0.2, 0.25) is 0 Å². The van der Waals surface area contributed by atoms with Crippen molar-refractivity contribution in [1.29, 1.82) is 0 Å². The molecule has 0 aliphatic carbocycles. The highest BCUT2D eigenvalue weighted by molar-refractivity contribution is 5.79. The zero-order valence-electron chi connectivity index (χ0n) is 8.84. The number of ether oxygens (including phenoxy) is 1. The average Bonchev–Trinajstić information content (AvgIpc) is 2.19. The van der Waals surface area contributed by atoms with Crippen molar-refractivity contribution in [3.63, 3.8) is 0 Å². The fraction of sp³-hybridized carbons (Fsp3) is 0.364. The van der Waals surface area contributed by atoms with E-state index in [1.165, 1.54) is 24.3 Å². The predicted molar refractivity (Wildman–Crippen MR) is 52.0 cm³/mol. The number of carbonyl (C=O) groups excluding carboxylic acids is 1. The molecule has 0 N–H and O–H groups in total. The van der Waals surface area contributed by atoms with E-state index in [1.54, 1.807) is 6.92 Å². The van der Waals surface area contributed by atoms with Crippen molar-refractivity contribution in [3.05, 3.63) is 35.4 Å². The summed E-state index contributed by atoms with van der Waals surface area (Å²) in [5, 5.41) is 0. The lowest BCUT2D eigenvalue weighted by atomic mass is 9.98. The molecule has 0 heterocycles. The minimum Gasteiger partial charge on any atom is -0.468 e.